The lowest BCUT2D eigenvalue weighted by Crippen LogP contribution is -3.15. The third-order valence-corrected chi connectivity index (χ3v) is 6.78. The van der Waals surface area contributed by atoms with Gasteiger partial charge in [0, 0.05) is 0 Å². The zero-order valence-electron chi connectivity index (χ0n) is 15.8. The summed E-state index contributed by atoms with van der Waals surface area (Å²) >= 11 is 0. The number of rotatable bonds is 7. The number of nitrogens with one attached hydrogen (secondary N) is 1. The number of nitrogens with zero attached hydrogens (tertiary/aromatic N) is 1. The molecule has 1 fully saturated rings. The number of methoxy groups -OCH3 is 1. The minimum Gasteiger partial charge on any atom is -0.497 e. The normalized spacial score (nSPS) is 16.2. The van der Waals surface area contributed by atoms with Crippen LogP contribution in [0.4, 0.5) is 0 Å². The van der Waals surface area contributed by atoms with Gasteiger partial charge >= 0.3 is 0 Å². The Morgan fingerprint density at radius 3 is 2.15 bits per heavy atom. The molecule has 1 aliphatic rings. The summed E-state index contributed by atoms with van der Waals surface area (Å²) in [5, 5.41) is 0. The van der Waals surface area contributed by atoms with Crippen molar-refractivity contribution < 1.29 is 22.8 Å². The molecule has 146 valence electrons. The average Bonchev–Trinajstić information content (AvgIpc) is 2.69. The zero-order valence-corrected chi connectivity index (χ0v) is 16.7. The first-order valence-electron chi connectivity index (χ1n) is 9.16. The molecule has 1 aliphatic heterocycles. The highest BCUT2D eigenvalue weighted by atomic mass is 32.2. The van der Waals surface area contributed by atoms with Crippen LogP contribution in [0.15, 0.2) is 53.4 Å². The highest BCUT2D eigenvalue weighted by molar-refractivity contribution is 7.89. The van der Waals surface area contributed by atoms with Gasteiger partial charge in [-0.3, -0.25) is 0 Å². The summed E-state index contributed by atoms with van der Waals surface area (Å²) in [7, 11) is -1.76. The topological polar surface area (TPSA) is 60.3 Å². The molecule has 1 heterocycles. The second-order valence-electron chi connectivity index (χ2n) is 6.74. The molecule has 3 rings (SSSR count). The third-order valence-electron chi connectivity index (χ3n) is 4.87. The molecule has 0 amide bonds. The predicted molar refractivity (Wildman–Crippen MR) is 104 cm³/mol. The van der Waals surface area contributed by atoms with Crippen LogP contribution in [0.5, 0.6) is 11.5 Å². The predicted octanol–water partition coefficient (Wildman–Crippen LogP) is 0.972. The van der Waals surface area contributed by atoms with Gasteiger partial charge in [0.25, 0.3) is 0 Å². The van der Waals surface area contributed by atoms with E-state index in [0.717, 1.165) is 36.7 Å². The molecule has 0 atom stereocenters. The number of sulfonamides is 1. The Labute approximate surface area is 161 Å². The largest absolute Gasteiger partial charge is 0.497 e. The molecular formula is C20H27N2O4S+. The highest BCUT2D eigenvalue weighted by Crippen LogP contribution is 2.17. The maximum atomic E-state index is 12.7. The molecule has 1 saturated heterocycles. The van der Waals surface area contributed by atoms with Gasteiger partial charge in [-0.25, -0.2) is 8.42 Å². The van der Waals surface area contributed by atoms with E-state index < -0.39 is 10.0 Å². The fraction of sp³-hybridized carbons (Fsp3) is 0.400. The Hall–Kier alpha value is -2.09. The van der Waals surface area contributed by atoms with Gasteiger partial charge in [0.1, 0.15) is 24.7 Å². The van der Waals surface area contributed by atoms with Crippen molar-refractivity contribution in [3.05, 3.63) is 54.1 Å². The van der Waals surface area contributed by atoms with Crippen LogP contribution in [0.3, 0.4) is 0 Å². The summed E-state index contributed by atoms with van der Waals surface area (Å²) in [4.78, 5) is 1.73. The van der Waals surface area contributed by atoms with Crippen LogP contribution < -0.4 is 14.4 Å². The fourth-order valence-corrected chi connectivity index (χ4v) is 4.58. The molecule has 0 aliphatic carbocycles. The molecular weight excluding hydrogens is 364 g/mol. The molecule has 0 unspecified atom stereocenters. The van der Waals surface area contributed by atoms with Gasteiger partial charge in [0.2, 0.25) is 10.0 Å². The quantitative estimate of drug-likeness (QED) is 0.764. The Balaban J connectivity index is 1.46. The molecule has 0 spiro atoms. The molecule has 6 nitrogen and oxygen atoms in total. The van der Waals surface area contributed by atoms with E-state index in [-0.39, 0.29) is 0 Å². The van der Waals surface area contributed by atoms with Gasteiger partial charge in [0.15, 0.2) is 0 Å². The Kier molecular flexibility index (Phi) is 6.36. The fourth-order valence-electron chi connectivity index (χ4n) is 3.14. The van der Waals surface area contributed by atoms with Crippen LogP contribution in [-0.4, -0.2) is 59.2 Å². The molecule has 7 heteroatoms. The Morgan fingerprint density at radius 2 is 1.56 bits per heavy atom. The summed E-state index contributed by atoms with van der Waals surface area (Å²) in [6, 6.07) is 14.6. The highest BCUT2D eigenvalue weighted by Gasteiger charge is 2.30. The lowest BCUT2D eigenvalue weighted by molar-refractivity contribution is -0.903. The van der Waals surface area contributed by atoms with E-state index in [1.807, 2.05) is 43.3 Å². The molecule has 1 N–H and O–H groups in total. The smallest absolute Gasteiger partial charge is 0.243 e. The van der Waals surface area contributed by atoms with Gasteiger partial charge in [-0.05, 0) is 43.3 Å². The van der Waals surface area contributed by atoms with E-state index in [9.17, 15) is 8.42 Å². The maximum Gasteiger partial charge on any atom is 0.243 e. The summed E-state index contributed by atoms with van der Waals surface area (Å²) in [6.07, 6.45) is 0. The van der Waals surface area contributed by atoms with Gasteiger partial charge in [-0.15, -0.1) is 0 Å². The van der Waals surface area contributed by atoms with Crippen molar-refractivity contribution in [2.24, 2.45) is 0 Å². The number of hydrogen-bond acceptors (Lipinski definition) is 4. The average molecular weight is 392 g/mol. The summed E-state index contributed by atoms with van der Waals surface area (Å²) < 4.78 is 38.0. The van der Waals surface area contributed by atoms with Crippen molar-refractivity contribution in [1.29, 1.82) is 0 Å². The minimum atomic E-state index is -3.40. The van der Waals surface area contributed by atoms with Crippen molar-refractivity contribution in [3.63, 3.8) is 0 Å². The first kappa shape index (κ1) is 19.7. The van der Waals surface area contributed by atoms with Crippen LogP contribution in [0.1, 0.15) is 5.56 Å². The van der Waals surface area contributed by atoms with E-state index in [1.54, 1.807) is 23.5 Å². The van der Waals surface area contributed by atoms with Crippen molar-refractivity contribution in [2.75, 3.05) is 46.4 Å². The number of hydrogen-bond donors (Lipinski definition) is 1. The zero-order chi connectivity index (χ0) is 19.3. The Morgan fingerprint density at radius 1 is 0.963 bits per heavy atom. The summed E-state index contributed by atoms with van der Waals surface area (Å²) in [5.41, 5.74) is 1.06. The van der Waals surface area contributed by atoms with Crippen molar-refractivity contribution in [3.8, 4) is 11.5 Å². The van der Waals surface area contributed by atoms with E-state index in [0.29, 0.717) is 24.6 Å². The molecule has 0 saturated carbocycles. The van der Waals surface area contributed by atoms with Crippen LogP contribution in [0.25, 0.3) is 0 Å². The van der Waals surface area contributed by atoms with E-state index in [2.05, 4.69) is 0 Å². The standard InChI is InChI=1S/C20H26N2O4S/c1-17-3-9-20(10-4-17)27(23,24)22-13-11-21(12-14-22)15-16-26-19-7-5-18(25-2)6-8-19/h3-10H,11-16H2,1-2H3/p+1. The molecule has 0 aromatic heterocycles. The monoisotopic (exact) mass is 391 g/mol. The number of piperazine rings is 1. The second kappa shape index (κ2) is 8.73. The van der Waals surface area contributed by atoms with Gasteiger partial charge in [-0.1, -0.05) is 17.7 Å². The molecule has 2 aromatic rings. The van der Waals surface area contributed by atoms with Gasteiger partial charge in [0.05, 0.1) is 38.2 Å². The molecule has 2 aromatic carbocycles. The number of ether oxygens (including phenoxy) is 2. The second-order valence-corrected chi connectivity index (χ2v) is 8.68. The lowest BCUT2D eigenvalue weighted by atomic mass is 10.2. The summed E-state index contributed by atoms with van der Waals surface area (Å²) in [5.74, 6) is 1.62. The van der Waals surface area contributed by atoms with Crippen LogP contribution in [0.2, 0.25) is 0 Å². The van der Waals surface area contributed by atoms with E-state index >= 15 is 0 Å². The van der Waals surface area contributed by atoms with Crippen molar-refractivity contribution in [2.45, 2.75) is 11.8 Å². The lowest BCUT2D eigenvalue weighted by Gasteiger charge is -2.31. The van der Waals surface area contributed by atoms with Gasteiger partial charge < -0.3 is 14.4 Å². The molecule has 0 bridgehead atoms. The summed E-state index contributed by atoms with van der Waals surface area (Å²) in [6.45, 7) is 6.06. The number of benzene rings is 2. The van der Waals surface area contributed by atoms with Crippen molar-refractivity contribution >= 4 is 10.0 Å². The van der Waals surface area contributed by atoms with E-state index in [4.69, 9.17) is 9.47 Å². The maximum absolute atomic E-state index is 12.7. The molecule has 27 heavy (non-hydrogen) atoms. The van der Waals surface area contributed by atoms with Crippen LogP contribution in [0, 0.1) is 6.92 Å². The SMILES string of the molecule is COc1ccc(OCC[NH+]2CCN(S(=O)(=O)c3ccc(C)cc3)CC2)cc1. The van der Waals surface area contributed by atoms with E-state index in [1.165, 1.54) is 4.90 Å². The van der Waals surface area contributed by atoms with Crippen molar-refractivity contribution in [1.82, 2.24) is 4.31 Å². The number of aryl methyl sites for hydroxylation is 1. The first-order chi connectivity index (χ1) is 13.0. The third kappa shape index (κ3) is 5.00. The molecule has 0 radical (unpaired) electrons. The van der Waals surface area contributed by atoms with Crippen LogP contribution in [-0.2, 0) is 10.0 Å². The van der Waals surface area contributed by atoms with Crippen LogP contribution >= 0.6 is 0 Å². The minimum absolute atomic E-state index is 0.374. The number of quaternary nitrogens is 1. The first-order valence-corrected chi connectivity index (χ1v) is 10.6. The van der Waals surface area contributed by atoms with Gasteiger partial charge in [-0.2, -0.15) is 4.31 Å². The Bertz CT molecular complexity index is 827.